The van der Waals surface area contributed by atoms with Crippen LogP contribution in [0.2, 0.25) is 5.02 Å². The first-order valence-electron chi connectivity index (χ1n) is 11.0. The fourth-order valence-corrected chi connectivity index (χ4v) is 3.93. The number of benzene rings is 2. The third-order valence-corrected chi connectivity index (χ3v) is 6.04. The van der Waals surface area contributed by atoms with Crippen LogP contribution in [0.3, 0.4) is 0 Å². The molecule has 2 aromatic carbocycles. The Balaban J connectivity index is 1.63. The molecule has 0 saturated carbocycles. The summed E-state index contributed by atoms with van der Waals surface area (Å²) in [5.41, 5.74) is 2.11. The van der Waals surface area contributed by atoms with Gasteiger partial charge >= 0.3 is 0 Å². The van der Waals surface area contributed by atoms with Gasteiger partial charge in [-0.1, -0.05) is 42.8 Å². The van der Waals surface area contributed by atoms with Crippen LogP contribution in [0.5, 0.6) is 5.75 Å². The normalized spacial score (nSPS) is 15.2. The molecule has 0 N–H and O–H groups in total. The first-order valence-corrected chi connectivity index (χ1v) is 11.4. The van der Waals surface area contributed by atoms with E-state index in [1.807, 2.05) is 60.4 Å². The Hall–Kier alpha value is -2.04. The summed E-state index contributed by atoms with van der Waals surface area (Å²) >= 11 is 6.03. The molecule has 0 unspecified atom stereocenters. The van der Waals surface area contributed by atoms with E-state index in [0.717, 1.165) is 49.0 Å². The maximum atomic E-state index is 13.2. The Kier molecular flexibility index (Phi) is 8.59. The highest BCUT2D eigenvalue weighted by Gasteiger charge is 2.19. The van der Waals surface area contributed by atoms with Crippen molar-refractivity contribution < 1.29 is 9.53 Å². The van der Waals surface area contributed by atoms with E-state index in [2.05, 4.69) is 11.8 Å². The molecule has 30 heavy (non-hydrogen) atoms. The first kappa shape index (κ1) is 22.6. The number of carbonyl (C=O) groups is 1. The van der Waals surface area contributed by atoms with Crippen molar-refractivity contribution >= 4 is 17.5 Å². The highest BCUT2D eigenvalue weighted by atomic mass is 35.5. The van der Waals surface area contributed by atoms with Crippen LogP contribution in [-0.2, 0) is 17.8 Å². The Morgan fingerprint density at radius 1 is 1.07 bits per heavy atom. The van der Waals surface area contributed by atoms with Crippen molar-refractivity contribution in [2.24, 2.45) is 5.92 Å². The molecule has 2 aromatic rings. The van der Waals surface area contributed by atoms with Crippen molar-refractivity contribution in [2.45, 2.75) is 39.7 Å². The molecule has 1 aliphatic heterocycles. The molecule has 4 nitrogen and oxygen atoms in total. The van der Waals surface area contributed by atoms with Gasteiger partial charge in [0.2, 0.25) is 5.91 Å². The van der Waals surface area contributed by atoms with Gasteiger partial charge in [-0.15, -0.1) is 0 Å². The topological polar surface area (TPSA) is 32.8 Å². The number of hydrogen-bond donors (Lipinski definition) is 0. The number of likely N-dealkylation sites (tertiary alicyclic amines) is 1. The van der Waals surface area contributed by atoms with Gasteiger partial charge in [-0.05, 0) is 74.2 Å². The molecule has 162 valence electrons. The van der Waals surface area contributed by atoms with Gasteiger partial charge in [0.25, 0.3) is 0 Å². The largest absolute Gasteiger partial charge is 0.494 e. The Labute approximate surface area is 185 Å². The van der Waals surface area contributed by atoms with Crippen molar-refractivity contribution in [1.82, 2.24) is 9.80 Å². The van der Waals surface area contributed by atoms with E-state index in [-0.39, 0.29) is 5.91 Å². The number of halogens is 1. The first-order chi connectivity index (χ1) is 14.5. The summed E-state index contributed by atoms with van der Waals surface area (Å²) in [6, 6.07) is 15.6. The Bertz CT molecular complexity index is 784. The number of amides is 1. The van der Waals surface area contributed by atoms with E-state index in [0.29, 0.717) is 24.6 Å². The molecule has 0 bridgehead atoms. The van der Waals surface area contributed by atoms with Gasteiger partial charge in [0.1, 0.15) is 5.75 Å². The summed E-state index contributed by atoms with van der Waals surface area (Å²) in [6.07, 6.45) is 2.89. The minimum Gasteiger partial charge on any atom is -0.494 e. The number of carbonyl (C=O) groups excluding carboxylic acids is 1. The highest BCUT2D eigenvalue weighted by molar-refractivity contribution is 6.30. The molecular weight excluding hydrogens is 396 g/mol. The molecule has 0 radical (unpaired) electrons. The fraction of sp³-hybridized carbons (Fsp3) is 0.480. The van der Waals surface area contributed by atoms with Crippen LogP contribution in [0.25, 0.3) is 0 Å². The van der Waals surface area contributed by atoms with E-state index in [1.165, 1.54) is 12.8 Å². The van der Waals surface area contributed by atoms with E-state index < -0.39 is 0 Å². The minimum absolute atomic E-state index is 0.152. The number of nitrogens with zero attached hydrogens (tertiary/aromatic N) is 2. The van der Waals surface area contributed by atoms with Crippen molar-refractivity contribution in [1.29, 1.82) is 0 Å². The fourth-order valence-electron chi connectivity index (χ4n) is 3.81. The molecule has 3 rings (SSSR count). The lowest BCUT2D eigenvalue weighted by Crippen LogP contribution is -2.41. The predicted octanol–water partition coefficient (Wildman–Crippen LogP) is 5.04. The molecule has 0 aliphatic carbocycles. The van der Waals surface area contributed by atoms with Crippen LogP contribution in [0, 0.1) is 5.92 Å². The molecule has 0 atom stereocenters. The van der Waals surface area contributed by atoms with E-state index in [9.17, 15) is 4.79 Å². The van der Waals surface area contributed by atoms with Crippen molar-refractivity contribution in [3.63, 3.8) is 0 Å². The molecule has 1 fully saturated rings. The zero-order chi connectivity index (χ0) is 21.3. The summed E-state index contributed by atoms with van der Waals surface area (Å²) in [6.45, 7) is 9.47. The predicted molar refractivity (Wildman–Crippen MR) is 123 cm³/mol. The van der Waals surface area contributed by atoms with Crippen LogP contribution < -0.4 is 4.74 Å². The number of piperidine rings is 1. The lowest BCUT2D eigenvalue weighted by atomic mass is 9.99. The van der Waals surface area contributed by atoms with Gasteiger partial charge in [0.15, 0.2) is 0 Å². The SMILES string of the molecule is CCOc1ccc(CC(=O)N(CCN2CCC(C)CC2)Cc2ccc(Cl)cc2)cc1. The van der Waals surface area contributed by atoms with E-state index in [1.54, 1.807) is 0 Å². The minimum atomic E-state index is 0.152. The molecule has 0 aromatic heterocycles. The van der Waals surface area contributed by atoms with Crippen LogP contribution in [0.15, 0.2) is 48.5 Å². The smallest absolute Gasteiger partial charge is 0.227 e. The lowest BCUT2D eigenvalue weighted by Gasteiger charge is -2.32. The summed E-state index contributed by atoms with van der Waals surface area (Å²) < 4.78 is 5.50. The molecule has 1 saturated heterocycles. The van der Waals surface area contributed by atoms with E-state index >= 15 is 0 Å². The third-order valence-electron chi connectivity index (χ3n) is 5.79. The molecule has 5 heteroatoms. The Morgan fingerprint density at radius 3 is 2.33 bits per heavy atom. The molecule has 1 amide bonds. The summed E-state index contributed by atoms with van der Waals surface area (Å²) in [4.78, 5) is 17.6. The van der Waals surface area contributed by atoms with Crippen molar-refractivity contribution in [3.8, 4) is 5.75 Å². The van der Waals surface area contributed by atoms with E-state index in [4.69, 9.17) is 16.3 Å². The molecule has 0 spiro atoms. The second-order valence-electron chi connectivity index (χ2n) is 8.22. The van der Waals surface area contributed by atoms with Gasteiger partial charge in [-0.2, -0.15) is 0 Å². The zero-order valence-electron chi connectivity index (χ0n) is 18.1. The highest BCUT2D eigenvalue weighted by Crippen LogP contribution is 2.18. The lowest BCUT2D eigenvalue weighted by molar-refractivity contribution is -0.131. The average molecular weight is 429 g/mol. The maximum Gasteiger partial charge on any atom is 0.227 e. The van der Waals surface area contributed by atoms with Crippen molar-refractivity contribution in [3.05, 3.63) is 64.7 Å². The molecule has 1 heterocycles. The van der Waals surface area contributed by atoms with Crippen LogP contribution in [0.4, 0.5) is 0 Å². The van der Waals surface area contributed by atoms with Crippen LogP contribution in [0.1, 0.15) is 37.8 Å². The van der Waals surface area contributed by atoms with Gasteiger partial charge in [-0.25, -0.2) is 0 Å². The number of ether oxygens (including phenoxy) is 1. The van der Waals surface area contributed by atoms with Crippen LogP contribution >= 0.6 is 11.6 Å². The summed E-state index contributed by atoms with van der Waals surface area (Å²) in [5.74, 6) is 1.80. The summed E-state index contributed by atoms with van der Waals surface area (Å²) in [5, 5.41) is 0.716. The monoisotopic (exact) mass is 428 g/mol. The molecular formula is C25H33ClN2O2. The summed E-state index contributed by atoms with van der Waals surface area (Å²) in [7, 11) is 0. The third kappa shape index (κ3) is 7.03. The van der Waals surface area contributed by atoms with Gasteiger partial charge in [0.05, 0.1) is 13.0 Å². The molecule has 1 aliphatic rings. The standard InChI is InChI=1S/C25H33ClN2O2/c1-3-30-24-10-6-21(7-11-24)18-25(29)28(19-22-4-8-23(26)9-5-22)17-16-27-14-12-20(2)13-15-27/h4-11,20H,3,12-19H2,1-2H3. The van der Waals surface area contributed by atoms with Gasteiger partial charge in [0, 0.05) is 24.7 Å². The second-order valence-corrected chi connectivity index (χ2v) is 8.66. The van der Waals surface area contributed by atoms with Gasteiger partial charge < -0.3 is 14.5 Å². The van der Waals surface area contributed by atoms with Crippen LogP contribution in [-0.4, -0.2) is 48.5 Å². The average Bonchev–Trinajstić information content (AvgIpc) is 2.75. The van der Waals surface area contributed by atoms with Gasteiger partial charge in [-0.3, -0.25) is 4.79 Å². The zero-order valence-corrected chi connectivity index (χ0v) is 18.9. The number of rotatable bonds is 9. The quantitative estimate of drug-likeness (QED) is 0.560. The van der Waals surface area contributed by atoms with Crippen molar-refractivity contribution in [2.75, 3.05) is 32.8 Å². The number of hydrogen-bond acceptors (Lipinski definition) is 3. The maximum absolute atomic E-state index is 13.2. The Morgan fingerprint density at radius 2 is 1.70 bits per heavy atom. The second kappa shape index (κ2) is 11.4.